The van der Waals surface area contributed by atoms with Gasteiger partial charge in [-0.25, -0.2) is 0 Å². The Kier molecular flexibility index (Phi) is 3.35. The largest absolute Gasteiger partial charge is 0.472 e. The van der Waals surface area contributed by atoms with Gasteiger partial charge in [0.05, 0.1) is 31.0 Å². The van der Waals surface area contributed by atoms with Crippen LogP contribution in [0.2, 0.25) is 0 Å². The highest BCUT2D eigenvalue weighted by Crippen LogP contribution is 2.35. The predicted octanol–water partition coefficient (Wildman–Crippen LogP) is 2.52. The third-order valence-corrected chi connectivity index (χ3v) is 3.48. The van der Waals surface area contributed by atoms with Crippen LogP contribution in [0.1, 0.15) is 12.5 Å². The molecule has 0 bridgehead atoms. The standard InChI is InChI=1S/C15H18O3/c1-11(9-12-5-3-2-4-6-12)17-10-14-13-7-8-16-15(13)18-14/h2-8,11,13-15H,9-10H2,1H3. The number of benzene rings is 1. The number of ether oxygens (including phenoxy) is 3. The van der Waals surface area contributed by atoms with Crippen LogP contribution in [0.5, 0.6) is 0 Å². The monoisotopic (exact) mass is 246 g/mol. The summed E-state index contributed by atoms with van der Waals surface area (Å²) in [6, 6.07) is 10.4. The first kappa shape index (κ1) is 11.8. The van der Waals surface area contributed by atoms with Crippen molar-refractivity contribution in [2.24, 2.45) is 5.92 Å². The van der Waals surface area contributed by atoms with Crippen LogP contribution in [0.4, 0.5) is 0 Å². The van der Waals surface area contributed by atoms with Crippen molar-refractivity contribution in [2.45, 2.75) is 31.8 Å². The molecule has 0 radical (unpaired) electrons. The van der Waals surface area contributed by atoms with Gasteiger partial charge in [-0.05, 0) is 25.0 Å². The summed E-state index contributed by atoms with van der Waals surface area (Å²) >= 11 is 0. The molecule has 0 saturated carbocycles. The van der Waals surface area contributed by atoms with E-state index in [1.165, 1.54) is 5.56 Å². The first-order valence-electron chi connectivity index (χ1n) is 6.46. The average molecular weight is 246 g/mol. The maximum Gasteiger partial charge on any atom is 0.208 e. The van der Waals surface area contributed by atoms with Crippen LogP contribution in [0, 0.1) is 5.92 Å². The zero-order valence-corrected chi connectivity index (χ0v) is 10.5. The molecule has 3 nitrogen and oxygen atoms in total. The van der Waals surface area contributed by atoms with Crippen molar-refractivity contribution in [2.75, 3.05) is 6.61 Å². The molecule has 2 heterocycles. The molecule has 0 N–H and O–H groups in total. The Morgan fingerprint density at radius 1 is 1.28 bits per heavy atom. The molecule has 4 atom stereocenters. The van der Waals surface area contributed by atoms with Crippen molar-refractivity contribution < 1.29 is 14.2 Å². The fraction of sp³-hybridized carbons (Fsp3) is 0.467. The van der Waals surface area contributed by atoms with Gasteiger partial charge in [0.25, 0.3) is 0 Å². The van der Waals surface area contributed by atoms with E-state index in [4.69, 9.17) is 14.2 Å². The summed E-state index contributed by atoms with van der Waals surface area (Å²) in [5.74, 6) is 0.383. The highest BCUT2D eigenvalue weighted by atomic mass is 16.7. The molecule has 1 aromatic rings. The summed E-state index contributed by atoms with van der Waals surface area (Å²) < 4.78 is 16.6. The van der Waals surface area contributed by atoms with Gasteiger partial charge in [0, 0.05) is 0 Å². The Morgan fingerprint density at radius 3 is 2.89 bits per heavy atom. The zero-order chi connectivity index (χ0) is 12.4. The molecular weight excluding hydrogens is 228 g/mol. The summed E-state index contributed by atoms with van der Waals surface area (Å²) in [5, 5.41) is 0. The second kappa shape index (κ2) is 5.12. The predicted molar refractivity (Wildman–Crippen MR) is 67.9 cm³/mol. The van der Waals surface area contributed by atoms with E-state index in [9.17, 15) is 0 Å². The minimum absolute atomic E-state index is 0.0528. The molecule has 3 heteroatoms. The summed E-state index contributed by atoms with van der Waals surface area (Å²) in [7, 11) is 0. The van der Waals surface area contributed by atoms with Crippen molar-refractivity contribution in [3.05, 3.63) is 48.2 Å². The fourth-order valence-corrected chi connectivity index (χ4v) is 2.40. The second-order valence-corrected chi connectivity index (χ2v) is 4.92. The molecule has 0 aromatic heterocycles. The summed E-state index contributed by atoms with van der Waals surface area (Å²) in [4.78, 5) is 0. The minimum atomic E-state index is -0.0528. The summed E-state index contributed by atoms with van der Waals surface area (Å²) in [5.41, 5.74) is 1.31. The lowest BCUT2D eigenvalue weighted by atomic mass is 9.98. The van der Waals surface area contributed by atoms with Crippen LogP contribution in [0.25, 0.3) is 0 Å². The van der Waals surface area contributed by atoms with Gasteiger partial charge in [0.1, 0.15) is 0 Å². The molecule has 0 spiro atoms. The van der Waals surface area contributed by atoms with E-state index in [1.54, 1.807) is 6.26 Å². The lowest BCUT2D eigenvalue weighted by Crippen LogP contribution is -2.49. The van der Waals surface area contributed by atoms with Crippen molar-refractivity contribution >= 4 is 0 Å². The molecule has 3 rings (SSSR count). The quantitative estimate of drug-likeness (QED) is 0.799. The lowest BCUT2D eigenvalue weighted by Gasteiger charge is -2.38. The number of fused-ring (bicyclic) bond motifs is 1. The van der Waals surface area contributed by atoms with E-state index < -0.39 is 0 Å². The molecule has 18 heavy (non-hydrogen) atoms. The highest BCUT2D eigenvalue weighted by Gasteiger charge is 2.45. The summed E-state index contributed by atoms with van der Waals surface area (Å²) in [6.45, 7) is 2.74. The Hall–Kier alpha value is -1.32. The van der Waals surface area contributed by atoms with E-state index >= 15 is 0 Å². The third-order valence-electron chi connectivity index (χ3n) is 3.48. The average Bonchev–Trinajstić information content (AvgIpc) is 2.72. The van der Waals surface area contributed by atoms with Gasteiger partial charge < -0.3 is 14.2 Å². The van der Waals surface area contributed by atoms with E-state index in [0.29, 0.717) is 12.5 Å². The number of hydrogen-bond acceptors (Lipinski definition) is 3. The van der Waals surface area contributed by atoms with Crippen molar-refractivity contribution in [3.63, 3.8) is 0 Å². The van der Waals surface area contributed by atoms with Crippen molar-refractivity contribution in [1.29, 1.82) is 0 Å². The smallest absolute Gasteiger partial charge is 0.208 e. The van der Waals surface area contributed by atoms with Gasteiger partial charge in [0.15, 0.2) is 0 Å². The maximum atomic E-state index is 5.84. The number of hydrogen-bond donors (Lipinski definition) is 0. The van der Waals surface area contributed by atoms with Crippen LogP contribution in [0.3, 0.4) is 0 Å². The van der Waals surface area contributed by atoms with E-state index in [1.807, 2.05) is 6.07 Å². The van der Waals surface area contributed by atoms with Crippen molar-refractivity contribution in [1.82, 2.24) is 0 Å². The molecule has 1 fully saturated rings. The SMILES string of the molecule is CC(Cc1ccccc1)OCC1OC2OC=CC12. The number of rotatable bonds is 5. The normalized spacial score (nSPS) is 30.4. The minimum Gasteiger partial charge on any atom is -0.472 e. The second-order valence-electron chi connectivity index (χ2n) is 4.92. The van der Waals surface area contributed by atoms with Gasteiger partial charge in [-0.1, -0.05) is 30.3 Å². The molecule has 0 aliphatic carbocycles. The molecule has 1 aromatic carbocycles. The Labute approximate surface area is 107 Å². The first-order valence-corrected chi connectivity index (χ1v) is 6.46. The van der Waals surface area contributed by atoms with E-state index in [2.05, 4.69) is 37.3 Å². The molecule has 96 valence electrons. The third kappa shape index (κ3) is 2.42. The van der Waals surface area contributed by atoms with Crippen LogP contribution in [0.15, 0.2) is 42.7 Å². The van der Waals surface area contributed by atoms with E-state index in [-0.39, 0.29) is 18.5 Å². The van der Waals surface area contributed by atoms with Crippen molar-refractivity contribution in [3.8, 4) is 0 Å². The van der Waals surface area contributed by atoms with Gasteiger partial charge >= 0.3 is 0 Å². The molecule has 2 aliphatic heterocycles. The first-order chi connectivity index (χ1) is 8.83. The summed E-state index contributed by atoms with van der Waals surface area (Å²) in [6.07, 6.45) is 5.04. The van der Waals surface area contributed by atoms with Crippen LogP contribution in [-0.4, -0.2) is 25.1 Å². The van der Waals surface area contributed by atoms with Crippen LogP contribution in [-0.2, 0) is 20.6 Å². The fourth-order valence-electron chi connectivity index (χ4n) is 2.40. The van der Waals surface area contributed by atoms with Gasteiger partial charge in [-0.3, -0.25) is 0 Å². The Balaban J connectivity index is 1.42. The molecule has 0 amide bonds. The topological polar surface area (TPSA) is 27.7 Å². The highest BCUT2D eigenvalue weighted by molar-refractivity contribution is 5.15. The van der Waals surface area contributed by atoms with Gasteiger partial charge in [0.2, 0.25) is 6.29 Å². The maximum absolute atomic E-state index is 5.84. The molecular formula is C15H18O3. The van der Waals surface area contributed by atoms with Gasteiger partial charge in [-0.15, -0.1) is 0 Å². The Morgan fingerprint density at radius 2 is 2.11 bits per heavy atom. The van der Waals surface area contributed by atoms with E-state index in [0.717, 1.165) is 6.42 Å². The lowest BCUT2D eigenvalue weighted by molar-refractivity contribution is -0.268. The van der Waals surface area contributed by atoms with Gasteiger partial charge in [-0.2, -0.15) is 0 Å². The molecule has 2 aliphatic rings. The zero-order valence-electron chi connectivity index (χ0n) is 10.5. The van der Waals surface area contributed by atoms with Crippen LogP contribution < -0.4 is 0 Å². The molecule has 1 saturated heterocycles. The van der Waals surface area contributed by atoms with Crippen LogP contribution >= 0.6 is 0 Å². The molecule has 4 unspecified atom stereocenters. The Bertz CT molecular complexity index is 415.